The lowest BCUT2D eigenvalue weighted by Crippen LogP contribution is -2.44. The van der Waals surface area contributed by atoms with Crippen LogP contribution in [0, 0.1) is 11.7 Å². The molecule has 232 valence electrons. The highest BCUT2D eigenvalue weighted by Gasteiger charge is 2.39. The molecule has 0 radical (unpaired) electrons. The third-order valence-electron chi connectivity index (χ3n) is 7.71. The van der Waals surface area contributed by atoms with Crippen molar-refractivity contribution in [2.45, 2.75) is 77.7 Å². The van der Waals surface area contributed by atoms with Crippen molar-refractivity contribution in [3.63, 3.8) is 0 Å². The van der Waals surface area contributed by atoms with E-state index >= 15 is 4.39 Å². The number of hydrogen-bond donors (Lipinski definition) is 3. The second-order valence-corrected chi connectivity index (χ2v) is 11.2. The molecule has 1 saturated heterocycles. The highest BCUT2D eigenvalue weighted by molar-refractivity contribution is 5.95. The number of amides is 2. The van der Waals surface area contributed by atoms with Crippen molar-refractivity contribution in [3.8, 4) is 0 Å². The van der Waals surface area contributed by atoms with Crippen LogP contribution in [0.2, 0.25) is 0 Å². The van der Waals surface area contributed by atoms with Crippen molar-refractivity contribution >= 4 is 29.3 Å². The molecular formula is C29H41F4N7O2. The number of rotatable bonds is 8. The molecule has 2 amide bonds. The molecule has 2 aliphatic rings. The van der Waals surface area contributed by atoms with Crippen molar-refractivity contribution in [2.24, 2.45) is 5.92 Å². The Bertz CT molecular complexity index is 1250. The molecular weight excluding hydrogens is 554 g/mol. The molecule has 3 N–H and O–H groups in total. The fraction of sp³-hybridized carbons (Fsp3) is 0.586. The van der Waals surface area contributed by atoms with Gasteiger partial charge in [0.05, 0.1) is 11.5 Å². The topological polar surface area (TPSA) is 102 Å². The molecule has 4 rings (SSSR count). The van der Waals surface area contributed by atoms with Crippen molar-refractivity contribution in [1.29, 1.82) is 0 Å². The minimum atomic E-state index is -4.73. The highest BCUT2D eigenvalue weighted by Crippen LogP contribution is 2.37. The molecule has 0 unspecified atom stereocenters. The van der Waals surface area contributed by atoms with Gasteiger partial charge in [-0.25, -0.2) is 9.37 Å². The van der Waals surface area contributed by atoms with E-state index in [0.29, 0.717) is 25.5 Å². The van der Waals surface area contributed by atoms with Crippen molar-refractivity contribution in [3.05, 3.63) is 41.3 Å². The van der Waals surface area contributed by atoms with Gasteiger partial charge in [0, 0.05) is 37.1 Å². The zero-order valence-electron chi connectivity index (χ0n) is 23.7. The van der Waals surface area contributed by atoms with Crippen LogP contribution in [-0.4, -0.2) is 76.9 Å². The summed E-state index contributed by atoms with van der Waals surface area (Å²) in [6.45, 7) is 5.34. The number of carbonyl (C=O) groups is 2. The third-order valence-corrected chi connectivity index (χ3v) is 7.71. The zero-order chi connectivity index (χ0) is 29.9. The van der Waals surface area contributed by atoms with E-state index < -0.39 is 41.2 Å². The Morgan fingerprint density at radius 3 is 2.43 bits per heavy atom. The van der Waals surface area contributed by atoms with E-state index in [0.717, 1.165) is 32.0 Å². The Morgan fingerprint density at radius 2 is 1.81 bits per heavy atom. The molecule has 9 nitrogen and oxygen atoms in total. The molecule has 0 bridgehead atoms. The van der Waals surface area contributed by atoms with Gasteiger partial charge in [-0.2, -0.15) is 18.2 Å². The van der Waals surface area contributed by atoms with E-state index in [9.17, 15) is 22.8 Å². The predicted molar refractivity (Wildman–Crippen MR) is 154 cm³/mol. The van der Waals surface area contributed by atoms with Crippen LogP contribution >= 0.6 is 0 Å². The van der Waals surface area contributed by atoms with Gasteiger partial charge in [-0.05, 0) is 77.9 Å². The summed E-state index contributed by atoms with van der Waals surface area (Å²) in [4.78, 5) is 37.2. The van der Waals surface area contributed by atoms with E-state index in [1.165, 1.54) is 12.1 Å². The van der Waals surface area contributed by atoms with Gasteiger partial charge < -0.3 is 25.8 Å². The minimum Gasteiger partial charge on any atom is -0.366 e. The number of likely N-dealkylation sites (tertiary alicyclic amines) is 1. The van der Waals surface area contributed by atoms with Crippen LogP contribution < -0.4 is 16.0 Å². The average molecular weight is 596 g/mol. The second kappa shape index (κ2) is 13.7. The molecule has 1 aliphatic heterocycles. The maximum Gasteiger partial charge on any atom is 0.421 e. The van der Waals surface area contributed by atoms with E-state index in [1.807, 2.05) is 20.9 Å². The lowest BCUT2D eigenvalue weighted by molar-refractivity contribution is -0.137. The molecule has 13 heteroatoms. The van der Waals surface area contributed by atoms with Crippen molar-refractivity contribution in [2.75, 3.05) is 37.8 Å². The Morgan fingerprint density at radius 1 is 1.12 bits per heavy atom. The standard InChI is InChI=1S/C28H37F4N7O2.CH4/c1-16(2)34-25(40)20-6-5-7-23(20)36-24-21(28(30,31)32)15-33-27(37-24)35-17-8-9-19(22(29)14-17)26(41)39(4)18-10-12-38(3)13-11-18;/h8-9,14-16,18,20,23H,5-7,10-13H2,1-4H3,(H,34,40)(H2,33,35,36,37);1H4/t20-,23+;/m0./s1. The van der Waals surface area contributed by atoms with Crippen LogP contribution in [0.3, 0.4) is 0 Å². The predicted octanol–water partition coefficient (Wildman–Crippen LogP) is 5.29. The van der Waals surface area contributed by atoms with Crippen LogP contribution in [0.1, 0.15) is 69.3 Å². The summed E-state index contributed by atoms with van der Waals surface area (Å²) in [5, 5.41) is 8.39. The first-order chi connectivity index (χ1) is 19.3. The number of nitrogens with zero attached hydrogens (tertiary/aromatic N) is 4. The number of carbonyl (C=O) groups excluding carboxylic acids is 2. The number of halogens is 4. The first-order valence-corrected chi connectivity index (χ1v) is 13.9. The SMILES string of the molecule is C.CC(C)NC(=O)[C@H]1CCC[C@H]1Nc1nc(Nc2ccc(C(=O)N(C)C3CCN(C)CC3)c(F)c2)ncc1C(F)(F)F. The number of aromatic nitrogens is 2. The number of hydrogen-bond acceptors (Lipinski definition) is 7. The van der Waals surface area contributed by atoms with Gasteiger partial charge in [-0.3, -0.25) is 9.59 Å². The average Bonchev–Trinajstić information content (AvgIpc) is 3.36. The van der Waals surface area contributed by atoms with E-state index in [1.54, 1.807) is 11.9 Å². The summed E-state index contributed by atoms with van der Waals surface area (Å²) >= 11 is 0. The highest BCUT2D eigenvalue weighted by atomic mass is 19.4. The van der Waals surface area contributed by atoms with Crippen LogP contribution in [0.15, 0.2) is 24.4 Å². The number of anilines is 3. The van der Waals surface area contributed by atoms with Crippen molar-refractivity contribution < 1.29 is 27.2 Å². The molecule has 1 aliphatic carbocycles. The molecule has 2 aromatic rings. The maximum absolute atomic E-state index is 15.0. The monoisotopic (exact) mass is 595 g/mol. The van der Waals surface area contributed by atoms with Crippen molar-refractivity contribution in [1.82, 2.24) is 25.1 Å². The number of benzene rings is 1. The first kappa shape index (κ1) is 33.0. The number of nitrogens with one attached hydrogen (secondary N) is 3. The molecule has 0 spiro atoms. The van der Waals surface area contributed by atoms with Gasteiger partial charge in [-0.1, -0.05) is 13.8 Å². The maximum atomic E-state index is 15.0. The lowest BCUT2D eigenvalue weighted by Gasteiger charge is -2.35. The van der Waals surface area contributed by atoms with Crippen LogP contribution in [-0.2, 0) is 11.0 Å². The molecule has 2 fully saturated rings. The van der Waals surface area contributed by atoms with E-state index in [-0.39, 0.29) is 42.6 Å². The van der Waals surface area contributed by atoms with Gasteiger partial charge in [-0.15, -0.1) is 0 Å². The summed E-state index contributed by atoms with van der Waals surface area (Å²) in [5.74, 6) is -2.58. The van der Waals surface area contributed by atoms with Gasteiger partial charge in [0.15, 0.2) is 0 Å². The summed E-state index contributed by atoms with van der Waals surface area (Å²) in [6.07, 6.45) is -0.748. The van der Waals surface area contributed by atoms with Gasteiger partial charge >= 0.3 is 6.18 Å². The molecule has 42 heavy (non-hydrogen) atoms. The fourth-order valence-electron chi connectivity index (χ4n) is 5.41. The fourth-order valence-corrected chi connectivity index (χ4v) is 5.41. The normalized spacial score (nSPS) is 19.7. The summed E-state index contributed by atoms with van der Waals surface area (Å²) < 4.78 is 56.4. The zero-order valence-corrected chi connectivity index (χ0v) is 23.7. The Kier molecular flexibility index (Phi) is 10.7. The first-order valence-electron chi connectivity index (χ1n) is 13.9. The summed E-state index contributed by atoms with van der Waals surface area (Å²) in [5.41, 5.74) is -0.997. The van der Waals surface area contributed by atoms with Crippen LogP contribution in [0.4, 0.5) is 35.0 Å². The Balaban J connectivity index is 0.00000484. The lowest BCUT2D eigenvalue weighted by atomic mass is 10.0. The van der Waals surface area contributed by atoms with Gasteiger partial charge in [0.2, 0.25) is 11.9 Å². The minimum absolute atomic E-state index is 0. The Hall–Kier alpha value is -3.48. The third kappa shape index (κ3) is 7.87. The summed E-state index contributed by atoms with van der Waals surface area (Å²) in [7, 11) is 3.68. The van der Waals surface area contributed by atoms with E-state index in [4.69, 9.17) is 0 Å². The van der Waals surface area contributed by atoms with E-state index in [2.05, 4.69) is 30.8 Å². The summed E-state index contributed by atoms with van der Waals surface area (Å²) in [6, 6.07) is 3.26. The largest absolute Gasteiger partial charge is 0.421 e. The van der Waals surface area contributed by atoms with Gasteiger partial charge in [0.25, 0.3) is 5.91 Å². The Labute approximate surface area is 244 Å². The van der Waals surface area contributed by atoms with Crippen LogP contribution in [0.5, 0.6) is 0 Å². The van der Waals surface area contributed by atoms with Gasteiger partial charge in [0.1, 0.15) is 17.2 Å². The molecule has 2 atom stereocenters. The quantitative estimate of drug-likeness (QED) is 0.357. The smallest absolute Gasteiger partial charge is 0.366 e. The molecule has 1 aromatic carbocycles. The molecule has 1 saturated carbocycles. The number of piperidine rings is 1. The second-order valence-electron chi connectivity index (χ2n) is 11.2. The molecule has 1 aromatic heterocycles. The number of alkyl halides is 3. The molecule has 2 heterocycles. The van der Waals surface area contributed by atoms with Crippen LogP contribution in [0.25, 0.3) is 0 Å².